The quantitative estimate of drug-likeness (QED) is 0.938. The van der Waals surface area contributed by atoms with Crippen molar-refractivity contribution in [3.8, 4) is 0 Å². The van der Waals surface area contributed by atoms with Gasteiger partial charge in [0.2, 0.25) is 0 Å². The molecule has 18 heavy (non-hydrogen) atoms. The fourth-order valence-corrected chi connectivity index (χ4v) is 4.00. The summed E-state index contributed by atoms with van der Waals surface area (Å²) in [6, 6.07) is 5.92. The van der Waals surface area contributed by atoms with Crippen LogP contribution in [0.4, 0.5) is 0 Å². The third-order valence-corrected chi connectivity index (χ3v) is 6.20. The number of hydrogen-bond donors (Lipinski definition) is 1. The Morgan fingerprint density at radius 1 is 1.28 bits per heavy atom. The van der Waals surface area contributed by atoms with E-state index in [1.54, 1.807) is 25.2 Å². The highest BCUT2D eigenvalue weighted by Gasteiger charge is 2.19. The lowest BCUT2D eigenvalue weighted by Gasteiger charge is -2.08. The number of sulfone groups is 1. The van der Waals surface area contributed by atoms with Crippen molar-refractivity contribution in [2.24, 2.45) is 5.73 Å². The molecule has 1 aromatic carbocycles. The van der Waals surface area contributed by atoms with Gasteiger partial charge in [0, 0.05) is 16.6 Å². The molecular formula is C13H17NO2S2. The zero-order valence-electron chi connectivity index (χ0n) is 10.5. The summed E-state index contributed by atoms with van der Waals surface area (Å²) in [5.41, 5.74) is 7.62. The summed E-state index contributed by atoms with van der Waals surface area (Å²) in [5.74, 6) is 0.0989. The molecule has 0 aliphatic carbocycles. The molecule has 2 rings (SSSR count). The van der Waals surface area contributed by atoms with Crippen LogP contribution >= 0.6 is 11.3 Å². The van der Waals surface area contributed by atoms with Gasteiger partial charge in [-0.3, -0.25) is 0 Å². The van der Waals surface area contributed by atoms with E-state index in [4.69, 9.17) is 5.73 Å². The van der Waals surface area contributed by atoms with Gasteiger partial charge in [-0.05, 0) is 36.4 Å². The second-order valence-corrected chi connectivity index (χ2v) is 8.08. The van der Waals surface area contributed by atoms with Gasteiger partial charge in [0.15, 0.2) is 9.84 Å². The molecule has 98 valence electrons. The molecule has 0 aliphatic heterocycles. The van der Waals surface area contributed by atoms with E-state index >= 15 is 0 Å². The van der Waals surface area contributed by atoms with E-state index in [0.29, 0.717) is 6.54 Å². The predicted molar refractivity (Wildman–Crippen MR) is 77.5 cm³/mol. The van der Waals surface area contributed by atoms with E-state index in [-0.39, 0.29) is 11.0 Å². The molecule has 2 N–H and O–H groups in total. The molecule has 0 saturated heterocycles. The summed E-state index contributed by atoms with van der Waals surface area (Å²) >= 11 is 1.58. The lowest BCUT2D eigenvalue weighted by Crippen LogP contribution is -2.16. The largest absolute Gasteiger partial charge is 0.326 e. The minimum atomic E-state index is -3.07. The molecule has 0 unspecified atom stereocenters. The van der Waals surface area contributed by atoms with Gasteiger partial charge in [-0.25, -0.2) is 8.42 Å². The SMILES string of the molecule is CC(C)S(=O)(=O)Cc1csc2cccc(CN)c12. The molecule has 1 heterocycles. The maximum atomic E-state index is 12.0. The van der Waals surface area contributed by atoms with E-state index in [0.717, 1.165) is 21.2 Å². The summed E-state index contributed by atoms with van der Waals surface area (Å²) in [6.07, 6.45) is 0. The van der Waals surface area contributed by atoms with Gasteiger partial charge in [0.1, 0.15) is 0 Å². The lowest BCUT2D eigenvalue weighted by atomic mass is 10.1. The molecule has 0 atom stereocenters. The van der Waals surface area contributed by atoms with Crippen LogP contribution < -0.4 is 5.73 Å². The van der Waals surface area contributed by atoms with Crippen molar-refractivity contribution >= 4 is 31.3 Å². The van der Waals surface area contributed by atoms with Crippen LogP contribution in [0.25, 0.3) is 10.1 Å². The highest BCUT2D eigenvalue weighted by molar-refractivity contribution is 7.91. The summed E-state index contributed by atoms with van der Waals surface area (Å²) in [7, 11) is -3.07. The Kier molecular flexibility index (Phi) is 3.75. The van der Waals surface area contributed by atoms with Crippen LogP contribution in [0.2, 0.25) is 0 Å². The van der Waals surface area contributed by atoms with E-state index < -0.39 is 9.84 Å². The summed E-state index contributed by atoms with van der Waals surface area (Å²) in [5, 5.41) is 2.61. The number of rotatable bonds is 4. The van der Waals surface area contributed by atoms with E-state index in [2.05, 4.69) is 0 Å². The molecule has 0 aliphatic rings. The number of benzene rings is 1. The molecule has 5 heteroatoms. The molecule has 0 fully saturated rings. The zero-order valence-corrected chi connectivity index (χ0v) is 12.1. The normalized spacial score (nSPS) is 12.4. The Morgan fingerprint density at radius 3 is 2.61 bits per heavy atom. The van der Waals surface area contributed by atoms with Gasteiger partial charge in [0.25, 0.3) is 0 Å². The molecule has 1 aromatic heterocycles. The fourth-order valence-electron chi connectivity index (χ4n) is 1.89. The molecule has 2 aromatic rings. The first kappa shape index (κ1) is 13.5. The van der Waals surface area contributed by atoms with E-state index in [1.165, 1.54) is 0 Å². The van der Waals surface area contributed by atoms with Crippen molar-refractivity contribution in [1.29, 1.82) is 0 Å². The molecule has 3 nitrogen and oxygen atoms in total. The standard InChI is InChI=1S/C13H17NO2S2/c1-9(2)18(15,16)8-11-7-17-12-5-3-4-10(6-14)13(11)12/h3-5,7,9H,6,8,14H2,1-2H3. The van der Waals surface area contributed by atoms with Gasteiger partial charge >= 0.3 is 0 Å². The van der Waals surface area contributed by atoms with Crippen LogP contribution in [0.1, 0.15) is 25.0 Å². The van der Waals surface area contributed by atoms with Gasteiger partial charge in [0.05, 0.1) is 11.0 Å². The Labute approximate surface area is 112 Å². The van der Waals surface area contributed by atoms with Crippen molar-refractivity contribution in [3.63, 3.8) is 0 Å². The van der Waals surface area contributed by atoms with Crippen LogP contribution in [0.3, 0.4) is 0 Å². The average molecular weight is 283 g/mol. The Hall–Kier alpha value is -0.910. The smallest absolute Gasteiger partial charge is 0.156 e. The fraction of sp³-hybridized carbons (Fsp3) is 0.385. The maximum Gasteiger partial charge on any atom is 0.156 e. The first-order valence-electron chi connectivity index (χ1n) is 5.85. The third-order valence-electron chi connectivity index (χ3n) is 3.06. The molecule has 0 spiro atoms. The van der Waals surface area contributed by atoms with Crippen LogP contribution in [0.15, 0.2) is 23.6 Å². The van der Waals surface area contributed by atoms with Crippen LogP contribution in [-0.2, 0) is 22.1 Å². The van der Waals surface area contributed by atoms with Crippen molar-refractivity contribution in [2.75, 3.05) is 0 Å². The minimum Gasteiger partial charge on any atom is -0.326 e. The van der Waals surface area contributed by atoms with Gasteiger partial charge in [-0.2, -0.15) is 0 Å². The number of thiophene rings is 1. The van der Waals surface area contributed by atoms with Gasteiger partial charge < -0.3 is 5.73 Å². The summed E-state index contributed by atoms with van der Waals surface area (Å²) in [4.78, 5) is 0. The third kappa shape index (κ3) is 2.43. The first-order valence-corrected chi connectivity index (χ1v) is 8.45. The Balaban J connectivity index is 2.53. The summed E-state index contributed by atoms with van der Waals surface area (Å²) < 4.78 is 25.1. The minimum absolute atomic E-state index is 0.0989. The monoisotopic (exact) mass is 283 g/mol. The molecular weight excluding hydrogens is 266 g/mol. The van der Waals surface area contributed by atoms with Crippen molar-refractivity contribution in [3.05, 3.63) is 34.7 Å². The predicted octanol–water partition coefficient (Wildman–Crippen LogP) is 2.68. The van der Waals surface area contributed by atoms with Crippen molar-refractivity contribution in [2.45, 2.75) is 31.4 Å². The topological polar surface area (TPSA) is 60.2 Å². The Bertz CT molecular complexity index is 657. The number of nitrogens with two attached hydrogens (primary N) is 1. The zero-order chi connectivity index (χ0) is 13.3. The van der Waals surface area contributed by atoms with Crippen LogP contribution in [0, 0.1) is 0 Å². The highest BCUT2D eigenvalue weighted by Crippen LogP contribution is 2.30. The van der Waals surface area contributed by atoms with Crippen molar-refractivity contribution < 1.29 is 8.42 Å². The number of hydrogen-bond acceptors (Lipinski definition) is 4. The molecule has 0 amide bonds. The lowest BCUT2D eigenvalue weighted by molar-refractivity contribution is 0.587. The number of fused-ring (bicyclic) bond motifs is 1. The molecule has 0 radical (unpaired) electrons. The average Bonchev–Trinajstić information content (AvgIpc) is 2.71. The highest BCUT2D eigenvalue weighted by atomic mass is 32.2. The van der Waals surface area contributed by atoms with Gasteiger partial charge in [-0.15, -0.1) is 11.3 Å². The molecule has 0 bridgehead atoms. The van der Waals surface area contributed by atoms with Crippen LogP contribution in [-0.4, -0.2) is 13.7 Å². The first-order chi connectivity index (χ1) is 8.45. The van der Waals surface area contributed by atoms with E-state index in [9.17, 15) is 8.42 Å². The maximum absolute atomic E-state index is 12.0. The second-order valence-electron chi connectivity index (χ2n) is 4.61. The van der Waals surface area contributed by atoms with Gasteiger partial charge in [-0.1, -0.05) is 12.1 Å². The molecule has 0 saturated carbocycles. The van der Waals surface area contributed by atoms with E-state index in [1.807, 2.05) is 23.6 Å². The second kappa shape index (κ2) is 4.99. The van der Waals surface area contributed by atoms with Crippen molar-refractivity contribution in [1.82, 2.24) is 0 Å². The Morgan fingerprint density at radius 2 is 2.00 bits per heavy atom. The summed E-state index contributed by atoms with van der Waals surface area (Å²) in [6.45, 7) is 3.87. The van der Waals surface area contributed by atoms with Crippen LogP contribution in [0.5, 0.6) is 0 Å².